The maximum absolute atomic E-state index is 12.9. The molecule has 0 spiro atoms. The van der Waals surface area contributed by atoms with Crippen molar-refractivity contribution >= 4 is 42.3 Å². The molecule has 12 N–H and O–H groups in total. The fraction of sp³-hybridized carbons (Fsp3) is 0.750. The molecule has 0 aromatic heterocycles. The van der Waals surface area contributed by atoms with Crippen molar-refractivity contribution in [2.45, 2.75) is 70.1 Å². The molecule has 0 aliphatic heterocycles. The Hall–Kier alpha value is -2.58. The van der Waals surface area contributed by atoms with Crippen LogP contribution in [0.15, 0.2) is 4.99 Å². The number of aliphatic imine (C=N–C) groups is 1. The largest absolute Gasteiger partial charge is 0.480 e. The van der Waals surface area contributed by atoms with E-state index in [9.17, 15) is 24.3 Å². The summed E-state index contributed by atoms with van der Waals surface area (Å²) >= 11 is 4.10. The van der Waals surface area contributed by atoms with Crippen LogP contribution in [0.1, 0.15) is 46.0 Å². The lowest BCUT2D eigenvalue weighted by atomic mass is 10.0. The first kappa shape index (κ1) is 31.4. The second-order valence-electron chi connectivity index (χ2n) is 8.21. The fourth-order valence-corrected chi connectivity index (χ4v) is 3.18. The lowest BCUT2D eigenvalue weighted by molar-refractivity contribution is -0.143. The van der Waals surface area contributed by atoms with Crippen molar-refractivity contribution in [1.82, 2.24) is 16.0 Å². The molecule has 4 atom stereocenters. The molecule has 0 heterocycles. The van der Waals surface area contributed by atoms with E-state index >= 15 is 0 Å². The van der Waals surface area contributed by atoms with Gasteiger partial charge >= 0.3 is 5.97 Å². The number of amides is 3. The third-order valence-electron chi connectivity index (χ3n) is 4.93. The molecule has 3 amide bonds. The number of hydrogen-bond acceptors (Lipinski definition) is 8. The Bertz CT molecular complexity index is 702. The van der Waals surface area contributed by atoms with E-state index in [1.54, 1.807) is 13.8 Å². The van der Waals surface area contributed by atoms with Crippen LogP contribution in [0.4, 0.5) is 0 Å². The Balaban J connectivity index is 5.17. The molecule has 14 heteroatoms. The zero-order valence-electron chi connectivity index (χ0n) is 19.8. The average molecular weight is 505 g/mol. The molecule has 0 rings (SSSR count). The van der Waals surface area contributed by atoms with E-state index in [1.807, 2.05) is 0 Å². The van der Waals surface area contributed by atoms with Crippen LogP contribution in [0, 0.1) is 5.92 Å². The van der Waals surface area contributed by atoms with Crippen molar-refractivity contribution in [3.63, 3.8) is 0 Å². The highest BCUT2D eigenvalue weighted by atomic mass is 32.1. The SMILES string of the molecule is CC(C)C(NC(=O)C(CS)NC(=O)C(CCCCN)NC(=O)C(N)CCCN=C(N)N)C(=O)O. The number of carbonyl (C=O) groups excluding carboxylic acids is 3. The van der Waals surface area contributed by atoms with Crippen LogP contribution in [0.3, 0.4) is 0 Å². The summed E-state index contributed by atoms with van der Waals surface area (Å²) in [5, 5.41) is 16.8. The molecular weight excluding hydrogens is 464 g/mol. The first-order valence-electron chi connectivity index (χ1n) is 11.2. The van der Waals surface area contributed by atoms with Crippen LogP contribution >= 0.6 is 12.6 Å². The lowest BCUT2D eigenvalue weighted by Gasteiger charge is -2.25. The molecule has 0 saturated heterocycles. The van der Waals surface area contributed by atoms with Crippen molar-refractivity contribution in [2.24, 2.45) is 33.8 Å². The smallest absolute Gasteiger partial charge is 0.326 e. The number of nitrogens with two attached hydrogens (primary N) is 4. The standard InChI is InChI=1S/C20H40N8O5S/c1-11(2)15(19(32)33)28-18(31)14(10-34)27-17(30)13(7-3-4-8-21)26-16(29)12(22)6-5-9-25-20(23)24/h11-15,34H,3-10,21-22H2,1-2H3,(H,26,29)(H,27,30)(H,28,31)(H,32,33)(H4,23,24,25). The average Bonchev–Trinajstić information content (AvgIpc) is 2.76. The van der Waals surface area contributed by atoms with Gasteiger partial charge < -0.3 is 44.0 Å². The first-order chi connectivity index (χ1) is 15.9. The van der Waals surface area contributed by atoms with Crippen LogP contribution in [-0.2, 0) is 19.2 Å². The van der Waals surface area contributed by atoms with Gasteiger partial charge in [-0.15, -0.1) is 0 Å². The van der Waals surface area contributed by atoms with Crippen LogP contribution < -0.4 is 38.9 Å². The number of nitrogens with one attached hydrogen (secondary N) is 3. The summed E-state index contributed by atoms with van der Waals surface area (Å²) in [6, 6.07) is -4.06. The monoisotopic (exact) mass is 504 g/mol. The third kappa shape index (κ3) is 12.6. The minimum atomic E-state index is -1.19. The normalized spacial score (nSPS) is 14.4. The third-order valence-corrected chi connectivity index (χ3v) is 5.30. The number of unbranched alkanes of at least 4 members (excludes halogenated alkanes) is 1. The zero-order valence-corrected chi connectivity index (χ0v) is 20.7. The highest BCUT2D eigenvalue weighted by molar-refractivity contribution is 7.80. The van der Waals surface area contributed by atoms with E-state index in [0.717, 1.165) is 0 Å². The molecule has 0 radical (unpaired) electrons. The Morgan fingerprint density at radius 2 is 1.50 bits per heavy atom. The predicted molar refractivity (Wildman–Crippen MR) is 133 cm³/mol. The van der Waals surface area contributed by atoms with Crippen molar-refractivity contribution in [2.75, 3.05) is 18.8 Å². The van der Waals surface area contributed by atoms with Gasteiger partial charge in [0.15, 0.2) is 5.96 Å². The molecule has 0 aliphatic rings. The minimum Gasteiger partial charge on any atom is -0.480 e. The summed E-state index contributed by atoms with van der Waals surface area (Å²) in [6.07, 6.45) is 2.24. The summed E-state index contributed by atoms with van der Waals surface area (Å²) < 4.78 is 0. The van der Waals surface area contributed by atoms with Gasteiger partial charge in [-0.25, -0.2) is 4.79 Å². The van der Waals surface area contributed by atoms with E-state index in [1.165, 1.54) is 0 Å². The van der Waals surface area contributed by atoms with Crippen molar-refractivity contribution < 1.29 is 24.3 Å². The Kier molecular flexibility index (Phi) is 15.7. The summed E-state index contributed by atoms with van der Waals surface area (Å²) in [7, 11) is 0. The summed E-state index contributed by atoms with van der Waals surface area (Å²) in [6.45, 7) is 4.03. The molecule has 0 saturated carbocycles. The number of guanidine groups is 1. The number of carboxylic acid groups (broad SMARTS) is 1. The Morgan fingerprint density at radius 1 is 0.912 bits per heavy atom. The van der Waals surface area contributed by atoms with Crippen LogP contribution in [0.25, 0.3) is 0 Å². The predicted octanol–water partition coefficient (Wildman–Crippen LogP) is -2.38. The van der Waals surface area contributed by atoms with Crippen LogP contribution in [0.5, 0.6) is 0 Å². The lowest BCUT2D eigenvalue weighted by Crippen LogP contribution is -2.58. The van der Waals surface area contributed by atoms with Crippen LogP contribution in [-0.4, -0.2) is 77.8 Å². The fourth-order valence-electron chi connectivity index (χ4n) is 2.92. The topological polar surface area (TPSA) is 241 Å². The Labute approximate surface area is 205 Å². The quantitative estimate of drug-likeness (QED) is 0.0444. The van der Waals surface area contributed by atoms with Gasteiger partial charge in [-0.1, -0.05) is 13.8 Å². The van der Waals surface area contributed by atoms with Crippen molar-refractivity contribution in [1.29, 1.82) is 0 Å². The maximum Gasteiger partial charge on any atom is 0.326 e. The zero-order chi connectivity index (χ0) is 26.3. The summed E-state index contributed by atoms with van der Waals surface area (Å²) in [4.78, 5) is 53.1. The number of thiol groups is 1. The molecule has 0 aromatic carbocycles. The molecule has 4 unspecified atom stereocenters. The van der Waals surface area contributed by atoms with E-state index in [0.29, 0.717) is 38.8 Å². The van der Waals surface area contributed by atoms with Gasteiger partial charge in [0, 0.05) is 12.3 Å². The van der Waals surface area contributed by atoms with E-state index < -0.39 is 47.9 Å². The summed E-state index contributed by atoms with van der Waals surface area (Å²) in [5.41, 5.74) is 21.9. The van der Waals surface area contributed by atoms with E-state index in [-0.39, 0.29) is 24.1 Å². The number of carboxylic acids is 1. The molecule has 0 aromatic rings. The van der Waals surface area contributed by atoms with Gasteiger partial charge in [-0.3, -0.25) is 19.4 Å². The van der Waals surface area contributed by atoms with Crippen molar-refractivity contribution in [3.05, 3.63) is 0 Å². The second-order valence-corrected chi connectivity index (χ2v) is 8.58. The molecule has 0 bridgehead atoms. The second kappa shape index (κ2) is 16.9. The molecule has 196 valence electrons. The Morgan fingerprint density at radius 3 is 2.00 bits per heavy atom. The highest BCUT2D eigenvalue weighted by Gasteiger charge is 2.30. The van der Waals surface area contributed by atoms with Gasteiger partial charge in [0.2, 0.25) is 17.7 Å². The van der Waals surface area contributed by atoms with Crippen LogP contribution in [0.2, 0.25) is 0 Å². The maximum atomic E-state index is 12.9. The number of carbonyl (C=O) groups is 4. The van der Waals surface area contributed by atoms with Gasteiger partial charge in [0.05, 0.1) is 6.04 Å². The van der Waals surface area contributed by atoms with E-state index in [2.05, 4.69) is 33.6 Å². The number of hydrogen-bond donors (Lipinski definition) is 9. The first-order valence-corrected chi connectivity index (χ1v) is 11.8. The van der Waals surface area contributed by atoms with Gasteiger partial charge in [0.25, 0.3) is 0 Å². The molecule has 0 aliphatic carbocycles. The van der Waals surface area contributed by atoms with Gasteiger partial charge in [-0.05, 0) is 44.6 Å². The molecule has 34 heavy (non-hydrogen) atoms. The molecule has 0 fully saturated rings. The van der Waals surface area contributed by atoms with E-state index in [4.69, 9.17) is 22.9 Å². The molecule has 13 nitrogen and oxygen atoms in total. The number of nitrogens with zero attached hydrogens (tertiary/aromatic N) is 1. The number of rotatable bonds is 17. The minimum absolute atomic E-state index is 0.0551. The molecular formula is C20H40N8O5S. The number of aliphatic carboxylic acids is 1. The van der Waals surface area contributed by atoms with Crippen molar-refractivity contribution in [3.8, 4) is 0 Å². The highest BCUT2D eigenvalue weighted by Crippen LogP contribution is 2.06. The van der Waals surface area contributed by atoms with Gasteiger partial charge in [-0.2, -0.15) is 12.6 Å². The summed E-state index contributed by atoms with van der Waals surface area (Å²) in [5.74, 6) is -3.51. The van der Waals surface area contributed by atoms with Gasteiger partial charge in [0.1, 0.15) is 18.1 Å².